The summed E-state index contributed by atoms with van der Waals surface area (Å²) in [5, 5.41) is 0.479. The minimum Gasteiger partial charge on any atom is -0.494 e. The first-order chi connectivity index (χ1) is 15.4. The Kier molecular flexibility index (Phi) is 5.83. The van der Waals surface area contributed by atoms with Gasteiger partial charge in [0.15, 0.2) is 11.6 Å². The second kappa shape index (κ2) is 8.72. The molecule has 0 unspecified atom stereocenters. The molecule has 0 aliphatic carbocycles. The summed E-state index contributed by atoms with van der Waals surface area (Å²) in [6.45, 7) is 2.12. The summed E-state index contributed by atoms with van der Waals surface area (Å²) >= 11 is 0. The van der Waals surface area contributed by atoms with Crippen molar-refractivity contribution in [3.63, 3.8) is 0 Å². The van der Waals surface area contributed by atoms with Crippen LogP contribution in [0.1, 0.15) is 18.1 Å². The predicted molar refractivity (Wildman–Crippen MR) is 113 cm³/mol. The number of hydrogen-bond donors (Lipinski definition) is 0. The largest absolute Gasteiger partial charge is 0.494 e. The molecular weight excluding hydrogens is 423 g/mol. The van der Waals surface area contributed by atoms with E-state index in [9.17, 15) is 22.0 Å². The van der Waals surface area contributed by atoms with Crippen LogP contribution in [0.4, 0.5) is 22.0 Å². The number of ether oxygens (including phenoxy) is 1. The molecule has 0 saturated carbocycles. The van der Waals surface area contributed by atoms with Gasteiger partial charge in [0, 0.05) is 22.6 Å². The van der Waals surface area contributed by atoms with Crippen LogP contribution >= 0.6 is 0 Å². The molecular formula is C26H15F5O. The van der Waals surface area contributed by atoms with Crippen molar-refractivity contribution >= 4 is 10.8 Å². The summed E-state index contributed by atoms with van der Waals surface area (Å²) < 4.78 is 75.9. The summed E-state index contributed by atoms with van der Waals surface area (Å²) in [5.74, 6) is 0.850. The van der Waals surface area contributed by atoms with E-state index in [0.29, 0.717) is 23.3 Å². The summed E-state index contributed by atoms with van der Waals surface area (Å²) in [7, 11) is 0. The molecule has 0 amide bonds. The predicted octanol–water partition coefficient (Wildman–Crippen LogP) is 7.00. The van der Waals surface area contributed by atoms with Crippen LogP contribution in [-0.2, 0) is 0 Å². The molecule has 0 aliphatic heterocycles. The van der Waals surface area contributed by atoms with Crippen molar-refractivity contribution in [2.75, 3.05) is 6.61 Å². The highest BCUT2D eigenvalue weighted by Crippen LogP contribution is 2.29. The first kappa shape index (κ1) is 21.4. The molecule has 0 spiro atoms. The van der Waals surface area contributed by atoms with Gasteiger partial charge in [0.1, 0.15) is 23.2 Å². The molecule has 0 aliphatic rings. The lowest BCUT2D eigenvalue weighted by atomic mass is 10.0. The minimum atomic E-state index is -0.976. The summed E-state index contributed by atoms with van der Waals surface area (Å²) in [6.07, 6.45) is 0. The van der Waals surface area contributed by atoms with Crippen LogP contribution in [0.5, 0.6) is 5.75 Å². The van der Waals surface area contributed by atoms with Crippen LogP contribution in [0.2, 0.25) is 0 Å². The molecule has 4 aromatic rings. The van der Waals surface area contributed by atoms with Crippen molar-refractivity contribution < 1.29 is 26.7 Å². The molecule has 0 N–H and O–H groups in total. The van der Waals surface area contributed by atoms with Gasteiger partial charge in [-0.25, -0.2) is 22.0 Å². The quantitative estimate of drug-likeness (QED) is 0.247. The van der Waals surface area contributed by atoms with Gasteiger partial charge in [-0.3, -0.25) is 0 Å². The van der Waals surface area contributed by atoms with Gasteiger partial charge in [0.2, 0.25) is 0 Å². The Morgan fingerprint density at radius 2 is 1.47 bits per heavy atom. The first-order valence-electron chi connectivity index (χ1n) is 9.69. The zero-order chi connectivity index (χ0) is 22.8. The molecule has 0 fully saturated rings. The Morgan fingerprint density at radius 3 is 2.16 bits per heavy atom. The number of halogens is 5. The fourth-order valence-corrected chi connectivity index (χ4v) is 3.31. The lowest BCUT2D eigenvalue weighted by Crippen LogP contribution is -1.96. The van der Waals surface area contributed by atoms with Crippen LogP contribution in [0.3, 0.4) is 0 Å². The van der Waals surface area contributed by atoms with Gasteiger partial charge in [-0.1, -0.05) is 24.0 Å². The molecule has 160 valence electrons. The molecule has 0 heterocycles. The van der Waals surface area contributed by atoms with Gasteiger partial charge < -0.3 is 4.74 Å². The van der Waals surface area contributed by atoms with Gasteiger partial charge in [-0.05, 0) is 60.3 Å². The molecule has 0 radical (unpaired) electrons. The zero-order valence-corrected chi connectivity index (χ0v) is 16.8. The standard InChI is InChI=1S/C26H15F5O/c1-2-32-18-6-9-19(25(30)14-18)17-12-23(28)21(24(29)13-17)8-4-15-3-7-20-16(11-15)5-10-22(27)26(20)31/h3,5-7,9-14H,2H2,1H3. The highest BCUT2D eigenvalue weighted by Gasteiger charge is 2.14. The average Bonchev–Trinajstić information content (AvgIpc) is 2.76. The minimum absolute atomic E-state index is 0.0225. The SMILES string of the molecule is CCOc1ccc(-c2cc(F)c(C#Cc3ccc4c(F)c(F)ccc4c3)c(F)c2)c(F)c1. The van der Waals surface area contributed by atoms with Crippen LogP contribution in [0.15, 0.2) is 60.7 Å². The smallest absolute Gasteiger partial charge is 0.166 e. The first-order valence-corrected chi connectivity index (χ1v) is 9.69. The lowest BCUT2D eigenvalue weighted by molar-refractivity contribution is 0.338. The van der Waals surface area contributed by atoms with Crippen molar-refractivity contribution in [1.82, 2.24) is 0 Å². The van der Waals surface area contributed by atoms with Crippen molar-refractivity contribution in [2.45, 2.75) is 6.92 Å². The Labute approximate surface area is 181 Å². The second-order valence-corrected chi connectivity index (χ2v) is 6.94. The van der Waals surface area contributed by atoms with Crippen LogP contribution in [0.25, 0.3) is 21.9 Å². The van der Waals surface area contributed by atoms with E-state index in [0.717, 1.165) is 24.3 Å². The van der Waals surface area contributed by atoms with E-state index in [1.54, 1.807) is 6.92 Å². The maximum Gasteiger partial charge on any atom is 0.166 e. The van der Waals surface area contributed by atoms with Crippen LogP contribution in [-0.4, -0.2) is 6.61 Å². The molecule has 0 bridgehead atoms. The number of fused-ring (bicyclic) bond motifs is 1. The third-order valence-electron chi connectivity index (χ3n) is 4.84. The van der Waals surface area contributed by atoms with E-state index >= 15 is 0 Å². The zero-order valence-electron chi connectivity index (χ0n) is 16.8. The fraction of sp³-hybridized carbons (Fsp3) is 0.0769. The van der Waals surface area contributed by atoms with Crippen molar-refractivity contribution in [2.24, 2.45) is 0 Å². The van der Waals surface area contributed by atoms with E-state index in [2.05, 4.69) is 11.8 Å². The fourth-order valence-electron chi connectivity index (χ4n) is 3.31. The molecule has 0 aromatic heterocycles. The highest BCUT2D eigenvalue weighted by atomic mass is 19.2. The van der Waals surface area contributed by atoms with E-state index in [4.69, 9.17) is 4.74 Å². The van der Waals surface area contributed by atoms with Gasteiger partial charge >= 0.3 is 0 Å². The van der Waals surface area contributed by atoms with Crippen LogP contribution in [0, 0.1) is 40.9 Å². The van der Waals surface area contributed by atoms with Crippen LogP contribution < -0.4 is 4.74 Å². The number of benzene rings is 4. The van der Waals surface area contributed by atoms with Gasteiger partial charge in [0.25, 0.3) is 0 Å². The molecule has 0 saturated heterocycles. The van der Waals surface area contributed by atoms with E-state index < -0.39 is 34.6 Å². The summed E-state index contributed by atoms with van der Waals surface area (Å²) in [5.41, 5.74) is -0.0710. The highest BCUT2D eigenvalue weighted by molar-refractivity contribution is 5.84. The molecule has 4 rings (SSSR count). The summed E-state index contributed by atoms with van der Waals surface area (Å²) in [6, 6.07) is 12.7. The van der Waals surface area contributed by atoms with E-state index in [1.165, 1.54) is 36.4 Å². The normalized spacial score (nSPS) is 10.7. The molecule has 32 heavy (non-hydrogen) atoms. The monoisotopic (exact) mass is 438 g/mol. The van der Waals surface area contributed by atoms with Crippen molar-refractivity contribution in [3.8, 4) is 28.7 Å². The number of rotatable bonds is 3. The third-order valence-corrected chi connectivity index (χ3v) is 4.84. The lowest BCUT2D eigenvalue weighted by Gasteiger charge is -2.08. The Balaban J connectivity index is 1.68. The van der Waals surface area contributed by atoms with Gasteiger partial charge in [-0.2, -0.15) is 0 Å². The maximum atomic E-state index is 14.6. The molecule has 0 atom stereocenters. The molecule has 4 aromatic carbocycles. The second-order valence-electron chi connectivity index (χ2n) is 6.94. The van der Waals surface area contributed by atoms with Gasteiger partial charge in [-0.15, -0.1) is 0 Å². The Morgan fingerprint density at radius 1 is 0.719 bits per heavy atom. The van der Waals surface area contributed by atoms with Gasteiger partial charge in [0.05, 0.1) is 12.2 Å². The topological polar surface area (TPSA) is 9.23 Å². The van der Waals surface area contributed by atoms with Crippen molar-refractivity contribution in [3.05, 3.63) is 101 Å². The molecule has 1 nitrogen and oxygen atoms in total. The molecule has 6 heteroatoms. The van der Waals surface area contributed by atoms with E-state index in [-0.39, 0.29) is 16.5 Å². The third kappa shape index (κ3) is 4.15. The van der Waals surface area contributed by atoms with E-state index in [1.807, 2.05) is 0 Å². The van der Waals surface area contributed by atoms with Crippen molar-refractivity contribution in [1.29, 1.82) is 0 Å². The summed E-state index contributed by atoms with van der Waals surface area (Å²) in [4.78, 5) is 0. The Bertz CT molecular complexity index is 1380. The average molecular weight is 438 g/mol. The Hall–Kier alpha value is -3.85. The maximum absolute atomic E-state index is 14.6. The number of hydrogen-bond acceptors (Lipinski definition) is 1.